The van der Waals surface area contributed by atoms with Crippen LogP contribution < -0.4 is 10.6 Å². The van der Waals surface area contributed by atoms with Gasteiger partial charge in [0.15, 0.2) is 0 Å². The first kappa shape index (κ1) is 23.6. The smallest absolute Gasteiger partial charge is 0.132 e. The normalized spacial score (nSPS) is 23.0. The Balaban J connectivity index is 1.67. The molecule has 0 unspecified atom stereocenters. The van der Waals surface area contributed by atoms with E-state index in [0.29, 0.717) is 12.2 Å². The molecule has 3 aromatic rings. The maximum Gasteiger partial charge on any atom is 0.132 e. The molecule has 0 bridgehead atoms. The number of anilines is 3. The molecule has 1 fully saturated rings. The molecule has 1 aliphatic carbocycles. The van der Waals surface area contributed by atoms with Gasteiger partial charge in [-0.15, -0.1) is 11.3 Å². The van der Waals surface area contributed by atoms with Crippen molar-refractivity contribution in [2.45, 2.75) is 64.9 Å². The van der Waals surface area contributed by atoms with E-state index in [1.807, 2.05) is 44.4 Å². The molecule has 0 aliphatic heterocycles. The number of pyridine rings is 2. The number of nitrogens with one attached hydrogen (secondary N) is 2. The first-order chi connectivity index (χ1) is 15.5. The van der Waals surface area contributed by atoms with Crippen LogP contribution in [0.4, 0.5) is 17.2 Å². The fourth-order valence-corrected chi connectivity index (χ4v) is 5.25. The molecule has 4 atom stereocenters. The minimum absolute atomic E-state index is 0.427. The standard InChI is InChI=1S/C24H31N5O3S/c1-12-6-15(7-13(2)26-12)28-20-9-18(16(10-25-20)23-27-14(3)11-33-23)29-19-8-17(24(4,5)32)21(30)22(19)31/h6-7,9-11,17,19,21-22,30-32H,8H2,1-5H3,(H2,25,26,28,29)/t17-,19+,21+,22-/m1/s1. The van der Waals surface area contributed by atoms with Crippen LogP contribution in [0.15, 0.2) is 29.8 Å². The minimum Gasteiger partial charge on any atom is -0.390 e. The van der Waals surface area contributed by atoms with Gasteiger partial charge >= 0.3 is 0 Å². The van der Waals surface area contributed by atoms with Gasteiger partial charge in [-0.2, -0.15) is 0 Å². The van der Waals surface area contributed by atoms with Crippen LogP contribution in [-0.4, -0.2) is 54.1 Å². The number of aliphatic hydroxyl groups is 3. The molecule has 0 saturated heterocycles. The van der Waals surface area contributed by atoms with Crippen LogP contribution in [0, 0.1) is 26.7 Å². The lowest BCUT2D eigenvalue weighted by Crippen LogP contribution is -2.40. The molecule has 33 heavy (non-hydrogen) atoms. The summed E-state index contributed by atoms with van der Waals surface area (Å²) in [6.45, 7) is 9.14. The van der Waals surface area contributed by atoms with E-state index >= 15 is 0 Å². The fraction of sp³-hybridized carbons (Fsp3) is 0.458. The topological polar surface area (TPSA) is 123 Å². The lowest BCUT2D eigenvalue weighted by molar-refractivity contribution is -0.0601. The second kappa shape index (κ2) is 8.98. The summed E-state index contributed by atoms with van der Waals surface area (Å²) < 4.78 is 0. The first-order valence-electron chi connectivity index (χ1n) is 11.0. The number of hydrogen-bond acceptors (Lipinski definition) is 9. The Hall–Kier alpha value is -2.59. The monoisotopic (exact) mass is 469 g/mol. The molecule has 8 nitrogen and oxygen atoms in total. The van der Waals surface area contributed by atoms with Crippen molar-refractivity contribution in [3.05, 3.63) is 46.9 Å². The highest BCUT2D eigenvalue weighted by Crippen LogP contribution is 2.39. The molecule has 0 aromatic carbocycles. The van der Waals surface area contributed by atoms with Crippen molar-refractivity contribution < 1.29 is 15.3 Å². The second-order valence-electron chi connectivity index (χ2n) is 9.40. The van der Waals surface area contributed by atoms with E-state index in [-0.39, 0.29) is 0 Å². The number of thiazole rings is 1. The van der Waals surface area contributed by atoms with Gasteiger partial charge in [0.25, 0.3) is 0 Å². The van der Waals surface area contributed by atoms with Crippen molar-refractivity contribution in [1.82, 2.24) is 15.0 Å². The van der Waals surface area contributed by atoms with Crippen molar-refractivity contribution in [2.24, 2.45) is 5.92 Å². The van der Waals surface area contributed by atoms with Gasteiger partial charge < -0.3 is 26.0 Å². The Morgan fingerprint density at radius 1 is 1.00 bits per heavy atom. The fourth-order valence-electron chi connectivity index (χ4n) is 4.42. The number of aromatic nitrogens is 3. The summed E-state index contributed by atoms with van der Waals surface area (Å²) in [6, 6.07) is 5.35. The van der Waals surface area contributed by atoms with Crippen LogP contribution in [0.2, 0.25) is 0 Å². The molecule has 9 heteroatoms. The van der Waals surface area contributed by atoms with E-state index in [4.69, 9.17) is 0 Å². The summed E-state index contributed by atoms with van der Waals surface area (Å²) in [5, 5.41) is 41.2. The summed E-state index contributed by atoms with van der Waals surface area (Å²) in [7, 11) is 0. The number of aryl methyl sites for hydroxylation is 3. The summed E-state index contributed by atoms with van der Waals surface area (Å²) in [5.74, 6) is 0.185. The third kappa shape index (κ3) is 5.16. The largest absolute Gasteiger partial charge is 0.390 e. The number of aliphatic hydroxyl groups excluding tert-OH is 2. The zero-order valence-corrected chi connectivity index (χ0v) is 20.3. The van der Waals surface area contributed by atoms with E-state index in [1.54, 1.807) is 20.0 Å². The molecule has 3 aromatic heterocycles. The van der Waals surface area contributed by atoms with E-state index in [2.05, 4.69) is 25.6 Å². The molecule has 176 valence electrons. The van der Waals surface area contributed by atoms with E-state index < -0.39 is 29.8 Å². The highest BCUT2D eigenvalue weighted by atomic mass is 32.1. The van der Waals surface area contributed by atoms with Crippen LogP contribution in [0.3, 0.4) is 0 Å². The predicted octanol–water partition coefficient (Wildman–Crippen LogP) is 3.56. The Morgan fingerprint density at radius 2 is 1.70 bits per heavy atom. The molecular weight excluding hydrogens is 438 g/mol. The van der Waals surface area contributed by atoms with E-state index in [1.165, 1.54) is 11.3 Å². The number of rotatable bonds is 6. The molecule has 0 amide bonds. The molecule has 4 rings (SSSR count). The summed E-state index contributed by atoms with van der Waals surface area (Å²) in [6.07, 6.45) is 0.156. The average Bonchev–Trinajstić information content (AvgIpc) is 3.26. The average molecular weight is 470 g/mol. The zero-order chi connectivity index (χ0) is 23.9. The van der Waals surface area contributed by atoms with Gasteiger partial charge in [-0.25, -0.2) is 9.97 Å². The zero-order valence-electron chi connectivity index (χ0n) is 19.5. The maximum absolute atomic E-state index is 10.7. The molecule has 1 saturated carbocycles. The summed E-state index contributed by atoms with van der Waals surface area (Å²) in [5.41, 5.74) is 4.08. The third-order valence-corrected chi connectivity index (χ3v) is 7.03. The van der Waals surface area contributed by atoms with Gasteiger partial charge in [0, 0.05) is 52.0 Å². The number of hydrogen-bond donors (Lipinski definition) is 5. The van der Waals surface area contributed by atoms with E-state index in [9.17, 15) is 15.3 Å². The molecular formula is C24H31N5O3S. The van der Waals surface area contributed by atoms with Crippen molar-refractivity contribution in [3.8, 4) is 10.6 Å². The van der Waals surface area contributed by atoms with Crippen molar-refractivity contribution in [2.75, 3.05) is 10.6 Å². The highest BCUT2D eigenvalue weighted by Gasteiger charge is 2.47. The molecule has 0 radical (unpaired) electrons. The van der Waals surface area contributed by atoms with E-state index in [0.717, 1.165) is 39.0 Å². The predicted molar refractivity (Wildman–Crippen MR) is 131 cm³/mol. The minimum atomic E-state index is -1.10. The molecule has 1 aliphatic rings. The Kier molecular flexibility index (Phi) is 6.41. The molecule has 3 heterocycles. The van der Waals surface area contributed by atoms with Gasteiger partial charge in [0.1, 0.15) is 16.9 Å². The maximum atomic E-state index is 10.7. The first-order valence-corrected chi connectivity index (χ1v) is 11.9. The van der Waals surface area contributed by atoms with Crippen LogP contribution in [-0.2, 0) is 0 Å². The second-order valence-corrected chi connectivity index (χ2v) is 10.3. The Morgan fingerprint density at radius 3 is 2.27 bits per heavy atom. The third-order valence-electron chi connectivity index (χ3n) is 6.04. The molecule has 5 N–H and O–H groups in total. The quantitative estimate of drug-likeness (QED) is 0.371. The summed E-state index contributed by atoms with van der Waals surface area (Å²) >= 11 is 1.52. The number of nitrogens with zero attached hydrogens (tertiary/aromatic N) is 3. The van der Waals surface area contributed by atoms with Crippen LogP contribution >= 0.6 is 11.3 Å². The molecule has 0 spiro atoms. The Labute approximate surface area is 197 Å². The van der Waals surface area contributed by atoms with Gasteiger partial charge in [0.05, 0.1) is 23.3 Å². The van der Waals surface area contributed by atoms with Crippen LogP contribution in [0.1, 0.15) is 37.4 Å². The van der Waals surface area contributed by atoms with Crippen LogP contribution in [0.25, 0.3) is 10.6 Å². The Bertz CT molecular complexity index is 1120. The lowest BCUT2D eigenvalue weighted by atomic mass is 9.88. The SMILES string of the molecule is Cc1cc(Nc2cc(N[C@H]3C[C@@H](C(C)(C)O)[C@H](O)[C@@H]3O)c(-c3nc(C)cs3)cn2)cc(C)n1. The van der Waals surface area contributed by atoms with Gasteiger partial charge in [-0.05, 0) is 53.2 Å². The highest BCUT2D eigenvalue weighted by molar-refractivity contribution is 7.13. The lowest BCUT2D eigenvalue weighted by Gasteiger charge is -2.28. The van der Waals surface area contributed by atoms with Gasteiger partial charge in [-0.3, -0.25) is 4.98 Å². The van der Waals surface area contributed by atoms with Crippen molar-refractivity contribution >= 4 is 28.5 Å². The van der Waals surface area contributed by atoms with Gasteiger partial charge in [-0.1, -0.05) is 0 Å². The van der Waals surface area contributed by atoms with Crippen molar-refractivity contribution in [3.63, 3.8) is 0 Å². The van der Waals surface area contributed by atoms with Gasteiger partial charge in [0.2, 0.25) is 0 Å². The van der Waals surface area contributed by atoms with Crippen LogP contribution in [0.5, 0.6) is 0 Å². The van der Waals surface area contributed by atoms with Crippen molar-refractivity contribution in [1.29, 1.82) is 0 Å². The summed E-state index contributed by atoms with van der Waals surface area (Å²) in [4.78, 5) is 13.6.